The van der Waals surface area contributed by atoms with Crippen LogP contribution in [0.4, 0.5) is 11.5 Å². The van der Waals surface area contributed by atoms with E-state index < -0.39 is 5.60 Å². The molecule has 0 amide bonds. The second kappa shape index (κ2) is 7.20. The van der Waals surface area contributed by atoms with Gasteiger partial charge in [0, 0.05) is 36.0 Å². The van der Waals surface area contributed by atoms with Crippen LogP contribution in [0.15, 0.2) is 30.9 Å². The van der Waals surface area contributed by atoms with Crippen molar-refractivity contribution in [3.63, 3.8) is 0 Å². The van der Waals surface area contributed by atoms with E-state index in [4.69, 9.17) is 16.3 Å². The molecule has 4 aromatic heterocycles. The maximum atomic E-state index is 13.4. The van der Waals surface area contributed by atoms with Crippen molar-refractivity contribution in [3.8, 4) is 0 Å². The van der Waals surface area contributed by atoms with Crippen molar-refractivity contribution < 1.29 is 9.53 Å². The Morgan fingerprint density at radius 1 is 1.36 bits per heavy atom. The van der Waals surface area contributed by atoms with Gasteiger partial charge in [0.25, 0.3) is 0 Å². The minimum absolute atomic E-state index is 0.00713. The fourth-order valence-corrected chi connectivity index (χ4v) is 7.11. The summed E-state index contributed by atoms with van der Waals surface area (Å²) >= 11 is 8.30. The first-order chi connectivity index (χ1) is 16.1. The number of halogens is 1. The number of carbonyl (C=O) groups is 1. The number of nitrogens with one attached hydrogen (secondary N) is 2. The van der Waals surface area contributed by atoms with Gasteiger partial charge in [0.2, 0.25) is 0 Å². The number of Topliss-reactive ketones (excluding diaryl/α,β-unsaturated/α-hetero) is 1. The second-order valence-corrected chi connectivity index (χ2v) is 10.6. The van der Waals surface area contributed by atoms with Crippen molar-refractivity contribution in [2.45, 2.75) is 37.3 Å². The number of morpholine rings is 1. The largest absolute Gasteiger partial charge is 0.364 e. The number of carbonyl (C=O) groups excluding carboxylic acids is 1. The molecule has 0 radical (unpaired) electrons. The highest BCUT2D eigenvalue weighted by molar-refractivity contribution is 7.19. The van der Waals surface area contributed by atoms with Crippen LogP contribution in [0, 0.1) is 5.92 Å². The van der Waals surface area contributed by atoms with E-state index >= 15 is 0 Å². The van der Waals surface area contributed by atoms with E-state index in [2.05, 4.69) is 25.7 Å². The first-order valence-electron chi connectivity index (χ1n) is 11.2. The molecule has 3 aliphatic rings. The number of ether oxygens (including phenoxy) is 1. The lowest BCUT2D eigenvalue weighted by molar-refractivity contribution is -0.143. The molecule has 4 aromatic rings. The van der Waals surface area contributed by atoms with Crippen LogP contribution < -0.4 is 10.6 Å². The minimum Gasteiger partial charge on any atom is -0.364 e. The average Bonchev–Trinajstić information content (AvgIpc) is 3.62. The highest BCUT2D eigenvalue weighted by Crippen LogP contribution is 2.43. The zero-order valence-electron chi connectivity index (χ0n) is 17.7. The Morgan fingerprint density at radius 3 is 3.12 bits per heavy atom. The maximum absolute atomic E-state index is 13.4. The molecule has 33 heavy (non-hydrogen) atoms. The van der Waals surface area contributed by atoms with Crippen molar-refractivity contribution in [3.05, 3.63) is 46.3 Å². The third kappa shape index (κ3) is 2.96. The standard InChI is InChI=1S/C23H21ClN6O2S/c24-19-15(4-6-30-16(19)3-5-28-30)29-21-18-14-2-1-12(7-17(14)33-22(18)27-11-26-21)20(31)23-8-13(9-32-23)25-10-23/h3-6,11-13,25H,1-2,7-10H2,(H,26,27,29)/t12-,13+,23+/m0/s1. The van der Waals surface area contributed by atoms with E-state index in [0.29, 0.717) is 24.2 Å². The number of thiophene rings is 1. The predicted octanol–water partition coefficient (Wildman–Crippen LogP) is 3.54. The van der Waals surface area contributed by atoms with Crippen molar-refractivity contribution >= 4 is 56.0 Å². The molecular formula is C23H21ClN6O2S. The van der Waals surface area contributed by atoms with Crippen LogP contribution in [0.25, 0.3) is 15.7 Å². The molecule has 8 nitrogen and oxygen atoms in total. The number of pyridine rings is 1. The number of ketones is 1. The zero-order valence-corrected chi connectivity index (χ0v) is 19.2. The van der Waals surface area contributed by atoms with Crippen molar-refractivity contribution in [1.29, 1.82) is 0 Å². The molecule has 1 aliphatic carbocycles. The fraction of sp³-hybridized carbons (Fsp3) is 0.391. The van der Waals surface area contributed by atoms with Gasteiger partial charge >= 0.3 is 0 Å². The molecule has 3 atom stereocenters. The Hall–Kier alpha value is -2.59. The van der Waals surface area contributed by atoms with Crippen LogP contribution >= 0.6 is 22.9 Å². The summed E-state index contributed by atoms with van der Waals surface area (Å²) in [5.74, 6) is 1.00. The monoisotopic (exact) mass is 480 g/mol. The van der Waals surface area contributed by atoms with E-state index in [9.17, 15) is 4.79 Å². The molecule has 10 heteroatoms. The van der Waals surface area contributed by atoms with Gasteiger partial charge in [-0.15, -0.1) is 11.3 Å². The molecule has 0 spiro atoms. The highest BCUT2D eigenvalue weighted by Gasteiger charge is 2.53. The Labute approximate surface area is 198 Å². The quantitative estimate of drug-likeness (QED) is 0.461. The summed E-state index contributed by atoms with van der Waals surface area (Å²) in [7, 11) is 0. The van der Waals surface area contributed by atoms with Crippen LogP contribution in [-0.4, -0.2) is 50.2 Å². The van der Waals surface area contributed by atoms with Gasteiger partial charge in [-0.25, -0.2) is 14.5 Å². The minimum atomic E-state index is -0.612. The number of aromatic nitrogens is 4. The molecule has 2 saturated heterocycles. The smallest absolute Gasteiger partial charge is 0.169 e. The molecule has 0 aromatic carbocycles. The number of hydrogen-bond acceptors (Lipinski definition) is 8. The van der Waals surface area contributed by atoms with Gasteiger partial charge in [0.05, 0.1) is 34.4 Å². The molecule has 168 valence electrons. The predicted molar refractivity (Wildman–Crippen MR) is 127 cm³/mol. The molecule has 0 unspecified atom stereocenters. The van der Waals surface area contributed by atoms with Crippen LogP contribution in [0.5, 0.6) is 0 Å². The van der Waals surface area contributed by atoms with Gasteiger partial charge in [0.1, 0.15) is 22.6 Å². The van der Waals surface area contributed by atoms with Crippen molar-refractivity contribution in [1.82, 2.24) is 24.9 Å². The van der Waals surface area contributed by atoms with E-state index in [0.717, 1.165) is 52.9 Å². The third-order valence-corrected chi connectivity index (χ3v) is 8.81. The molecule has 2 fully saturated rings. The summed E-state index contributed by atoms with van der Waals surface area (Å²) in [5, 5.41) is 12.7. The Kier molecular flexibility index (Phi) is 4.33. The van der Waals surface area contributed by atoms with Crippen molar-refractivity contribution in [2.24, 2.45) is 5.92 Å². The Bertz CT molecular complexity index is 1420. The summed E-state index contributed by atoms with van der Waals surface area (Å²) in [4.78, 5) is 24.7. The lowest BCUT2D eigenvalue weighted by atomic mass is 9.79. The van der Waals surface area contributed by atoms with Gasteiger partial charge in [-0.3, -0.25) is 4.79 Å². The summed E-state index contributed by atoms with van der Waals surface area (Å²) in [6.45, 7) is 1.29. The highest BCUT2D eigenvalue weighted by atomic mass is 35.5. The number of fused-ring (bicyclic) bond motifs is 6. The first-order valence-corrected chi connectivity index (χ1v) is 12.4. The molecule has 2 N–H and O–H groups in total. The third-order valence-electron chi connectivity index (χ3n) is 7.25. The van der Waals surface area contributed by atoms with Crippen LogP contribution in [0.1, 0.15) is 23.3 Å². The number of aryl methyl sites for hydroxylation is 1. The second-order valence-electron chi connectivity index (χ2n) is 9.13. The number of rotatable bonds is 4. The van der Waals surface area contributed by atoms with Gasteiger partial charge in [-0.1, -0.05) is 11.6 Å². The first kappa shape index (κ1) is 19.8. The van der Waals surface area contributed by atoms with Gasteiger partial charge < -0.3 is 15.4 Å². The van der Waals surface area contributed by atoms with E-state index in [1.54, 1.807) is 28.4 Å². The fourth-order valence-electron chi connectivity index (χ4n) is 5.59. The maximum Gasteiger partial charge on any atom is 0.169 e. The lowest BCUT2D eigenvalue weighted by Gasteiger charge is -2.31. The normalized spacial score (nSPS) is 26.2. The van der Waals surface area contributed by atoms with Gasteiger partial charge in [-0.2, -0.15) is 5.10 Å². The van der Waals surface area contributed by atoms with Gasteiger partial charge in [-0.05, 0) is 37.0 Å². The molecule has 7 rings (SSSR count). The summed E-state index contributed by atoms with van der Waals surface area (Å²) < 4.78 is 7.70. The van der Waals surface area contributed by atoms with Gasteiger partial charge in [0.15, 0.2) is 5.78 Å². The average molecular weight is 481 g/mol. The summed E-state index contributed by atoms with van der Waals surface area (Å²) in [6.07, 6.45) is 8.38. The number of nitrogens with zero attached hydrogens (tertiary/aromatic N) is 4. The molecule has 0 saturated carbocycles. The molecule has 2 aliphatic heterocycles. The SMILES string of the molecule is O=C([C@H]1CCc2c(sc3ncnc(Nc4ccn5nccc5c4Cl)c23)C1)[C@@]12CN[C@@H](CO1)C2. The zero-order chi connectivity index (χ0) is 22.2. The topological polar surface area (TPSA) is 93.4 Å². The Balaban J connectivity index is 1.22. The number of hydrogen-bond donors (Lipinski definition) is 2. The van der Waals surface area contributed by atoms with Crippen molar-refractivity contribution in [2.75, 3.05) is 18.5 Å². The van der Waals surface area contributed by atoms with E-state index in [-0.39, 0.29) is 11.7 Å². The van der Waals surface area contributed by atoms with E-state index in [1.165, 1.54) is 10.4 Å². The molecular weight excluding hydrogens is 460 g/mol. The summed E-state index contributed by atoms with van der Waals surface area (Å²) in [6, 6.07) is 4.10. The van der Waals surface area contributed by atoms with Crippen LogP contribution in [0.2, 0.25) is 5.02 Å². The summed E-state index contributed by atoms with van der Waals surface area (Å²) in [5.41, 5.74) is 2.24. The molecule has 6 heterocycles. The number of anilines is 2. The van der Waals surface area contributed by atoms with Crippen LogP contribution in [0.3, 0.4) is 0 Å². The molecule has 2 bridgehead atoms. The Morgan fingerprint density at radius 2 is 2.30 bits per heavy atom. The lowest BCUT2D eigenvalue weighted by Crippen LogP contribution is -2.48. The van der Waals surface area contributed by atoms with Crippen LogP contribution in [-0.2, 0) is 22.4 Å². The van der Waals surface area contributed by atoms with E-state index in [1.807, 2.05) is 18.3 Å².